The number of H-pyrrole nitrogens is 1. The molecule has 4 nitrogen and oxygen atoms in total. The third-order valence-corrected chi connectivity index (χ3v) is 1.89. The quantitative estimate of drug-likeness (QED) is 0.352. The Morgan fingerprint density at radius 2 is 2.27 bits per heavy atom. The van der Waals surface area contributed by atoms with Gasteiger partial charge in [-0.25, -0.2) is 0 Å². The maximum absolute atomic E-state index is 10.3. The predicted octanol–water partition coefficient (Wildman–Crippen LogP) is 2.41. The van der Waals surface area contributed by atoms with E-state index in [1.54, 1.807) is 0 Å². The van der Waals surface area contributed by atoms with Crippen molar-refractivity contribution < 1.29 is 4.92 Å². The molecular formula is C5H3BrN2O2S. The van der Waals surface area contributed by atoms with Crippen LogP contribution < -0.4 is 0 Å². The van der Waals surface area contributed by atoms with Gasteiger partial charge in [-0.2, -0.15) is 0 Å². The number of rotatable bonds is 1. The highest BCUT2D eigenvalue weighted by Crippen LogP contribution is 2.20. The highest BCUT2D eigenvalue weighted by atomic mass is 79.9. The number of hydrogen-bond donors (Lipinski definition) is 1. The van der Waals surface area contributed by atoms with E-state index in [0.29, 0.717) is 9.24 Å². The van der Waals surface area contributed by atoms with E-state index in [1.807, 2.05) is 0 Å². The molecule has 0 aliphatic carbocycles. The van der Waals surface area contributed by atoms with Crippen LogP contribution in [0.5, 0.6) is 0 Å². The number of hydrogen-bond acceptors (Lipinski definition) is 3. The second-order valence-electron chi connectivity index (χ2n) is 1.78. The summed E-state index contributed by atoms with van der Waals surface area (Å²) in [5.41, 5.74) is -0.0152. The van der Waals surface area contributed by atoms with Gasteiger partial charge in [-0.1, -0.05) is 12.2 Å². The van der Waals surface area contributed by atoms with E-state index < -0.39 is 4.92 Å². The third-order valence-electron chi connectivity index (χ3n) is 1.05. The second kappa shape index (κ2) is 3.10. The summed E-state index contributed by atoms with van der Waals surface area (Å²) < 4.78 is 0.762. The van der Waals surface area contributed by atoms with Crippen LogP contribution >= 0.6 is 28.1 Å². The van der Waals surface area contributed by atoms with Gasteiger partial charge in [0.1, 0.15) is 4.64 Å². The summed E-state index contributed by atoms with van der Waals surface area (Å²) in [6.07, 6.45) is 0. The Balaban J connectivity index is 3.31. The van der Waals surface area contributed by atoms with Gasteiger partial charge in [0.05, 0.1) is 4.92 Å². The molecule has 1 aromatic rings. The first kappa shape index (κ1) is 8.35. The molecule has 1 aromatic heterocycles. The highest BCUT2D eigenvalue weighted by Gasteiger charge is 2.09. The van der Waals surface area contributed by atoms with Crippen molar-refractivity contribution in [2.24, 2.45) is 0 Å². The highest BCUT2D eigenvalue weighted by molar-refractivity contribution is 9.10. The lowest BCUT2D eigenvalue weighted by Crippen LogP contribution is -1.90. The normalized spacial score (nSPS) is 9.55. The lowest BCUT2D eigenvalue weighted by atomic mass is 10.4. The largest absolute Gasteiger partial charge is 0.335 e. The van der Waals surface area contributed by atoms with E-state index in [4.69, 9.17) is 12.2 Å². The minimum atomic E-state index is -0.491. The molecular weight excluding hydrogens is 232 g/mol. The van der Waals surface area contributed by atoms with Crippen molar-refractivity contribution in [3.05, 3.63) is 31.5 Å². The molecule has 1 heterocycles. The van der Waals surface area contributed by atoms with Gasteiger partial charge in [0, 0.05) is 6.07 Å². The van der Waals surface area contributed by atoms with Crippen molar-refractivity contribution in [1.82, 2.24) is 4.98 Å². The second-order valence-corrected chi connectivity index (χ2v) is 3.01. The van der Waals surface area contributed by atoms with E-state index in [2.05, 4.69) is 20.9 Å². The van der Waals surface area contributed by atoms with Gasteiger partial charge in [-0.15, -0.1) is 0 Å². The van der Waals surface area contributed by atoms with E-state index in [1.165, 1.54) is 12.1 Å². The van der Waals surface area contributed by atoms with Gasteiger partial charge in [0.15, 0.2) is 4.60 Å². The summed E-state index contributed by atoms with van der Waals surface area (Å²) in [4.78, 5) is 12.4. The molecule has 1 N–H and O–H groups in total. The SMILES string of the molecule is O=[N+]([O-])c1ccc(=S)[nH]c1Br. The number of nitrogens with one attached hydrogen (secondary N) is 1. The number of aromatic nitrogens is 1. The maximum Gasteiger partial charge on any atom is 0.299 e. The zero-order valence-corrected chi connectivity index (χ0v) is 7.61. The van der Waals surface area contributed by atoms with Crippen LogP contribution in [-0.2, 0) is 0 Å². The van der Waals surface area contributed by atoms with Gasteiger partial charge in [-0.3, -0.25) is 10.1 Å². The Labute approximate surface area is 75.5 Å². The molecule has 0 atom stereocenters. The average Bonchev–Trinajstić information content (AvgIpc) is 1.85. The van der Waals surface area contributed by atoms with Gasteiger partial charge in [0.25, 0.3) is 5.69 Å². The molecule has 1 rings (SSSR count). The van der Waals surface area contributed by atoms with E-state index in [0.717, 1.165) is 0 Å². The molecule has 6 heteroatoms. The number of halogens is 1. The number of aromatic amines is 1. The Morgan fingerprint density at radius 1 is 1.64 bits per heavy atom. The van der Waals surface area contributed by atoms with Crippen LogP contribution in [0.1, 0.15) is 0 Å². The van der Waals surface area contributed by atoms with E-state index in [9.17, 15) is 10.1 Å². The molecule has 0 aliphatic heterocycles. The van der Waals surface area contributed by atoms with Crippen LogP contribution in [0.4, 0.5) is 5.69 Å². The molecule has 0 aliphatic rings. The van der Waals surface area contributed by atoms with Crippen molar-refractivity contribution in [3.8, 4) is 0 Å². The van der Waals surface area contributed by atoms with Crippen LogP contribution in [0.2, 0.25) is 0 Å². The van der Waals surface area contributed by atoms with Gasteiger partial charge >= 0.3 is 0 Å². The van der Waals surface area contributed by atoms with Crippen molar-refractivity contribution in [3.63, 3.8) is 0 Å². The summed E-state index contributed by atoms with van der Waals surface area (Å²) in [7, 11) is 0. The number of nitro groups is 1. The minimum Gasteiger partial charge on any atom is -0.335 e. The molecule has 0 radical (unpaired) electrons. The number of nitrogens with zero attached hydrogens (tertiary/aromatic N) is 1. The summed E-state index contributed by atoms with van der Waals surface area (Å²) in [6.45, 7) is 0. The monoisotopic (exact) mass is 234 g/mol. The molecule has 11 heavy (non-hydrogen) atoms. The molecule has 58 valence electrons. The standard InChI is InChI=1S/C5H3BrN2O2S/c6-5-3(8(9)10)1-2-4(11)7-5/h1-2H,(H,7,11). The van der Waals surface area contributed by atoms with Crippen LogP contribution in [0.3, 0.4) is 0 Å². The molecule has 0 aromatic carbocycles. The Bertz CT molecular complexity index is 349. The first-order valence-electron chi connectivity index (χ1n) is 2.64. The fraction of sp³-hybridized carbons (Fsp3) is 0. The minimum absolute atomic E-state index is 0.0152. The predicted molar refractivity (Wildman–Crippen MR) is 46.0 cm³/mol. The Hall–Kier alpha value is -0.750. The molecule has 0 amide bonds. The average molecular weight is 235 g/mol. The third kappa shape index (κ3) is 1.84. The lowest BCUT2D eigenvalue weighted by Gasteiger charge is -1.92. The van der Waals surface area contributed by atoms with Gasteiger partial charge in [0.2, 0.25) is 0 Å². The fourth-order valence-corrected chi connectivity index (χ4v) is 1.37. The first-order valence-corrected chi connectivity index (χ1v) is 3.84. The topological polar surface area (TPSA) is 58.9 Å². The molecule has 0 spiro atoms. The Morgan fingerprint density at radius 3 is 2.73 bits per heavy atom. The molecule has 0 bridgehead atoms. The van der Waals surface area contributed by atoms with Crippen LogP contribution in [0.25, 0.3) is 0 Å². The summed E-state index contributed by atoms with van der Waals surface area (Å²) in [6, 6.07) is 2.82. The van der Waals surface area contributed by atoms with E-state index in [-0.39, 0.29) is 5.69 Å². The summed E-state index contributed by atoms with van der Waals surface area (Å²) in [5.74, 6) is 0. The van der Waals surface area contributed by atoms with Gasteiger partial charge in [-0.05, 0) is 22.0 Å². The Kier molecular flexibility index (Phi) is 2.35. The number of pyridine rings is 1. The van der Waals surface area contributed by atoms with Gasteiger partial charge < -0.3 is 4.98 Å². The van der Waals surface area contributed by atoms with Crippen LogP contribution in [0.15, 0.2) is 16.7 Å². The summed E-state index contributed by atoms with van der Waals surface area (Å²) in [5, 5.41) is 10.3. The first-order chi connectivity index (χ1) is 5.11. The smallest absolute Gasteiger partial charge is 0.299 e. The molecule has 0 fully saturated rings. The fourth-order valence-electron chi connectivity index (χ4n) is 0.583. The van der Waals surface area contributed by atoms with Crippen LogP contribution in [0, 0.1) is 14.8 Å². The van der Waals surface area contributed by atoms with Crippen molar-refractivity contribution in [2.75, 3.05) is 0 Å². The zero-order valence-electron chi connectivity index (χ0n) is 5.20. The van der Waals surface area contributed by atoms with Crippen molar-refractivity contribution in [2.45, 2.75) is 0 Å². The van der Waals surface area contributed by atoms with Crippen LogP contribution in [-0.4, -0.2) is 9.91 Å². The van der Waals surface area contributed by atoms with Crippen molar-refractivity contribution >= 4 is 33.8 Å². The lowest BCUT2D eigenvalue weighted by molar-refractivity contribution is -0.386. The zero-order chi connectivity index (χ0) is 8.43. The maximum atomic E-state index is 10.3. The van der Waals surface area contributed by atoms with E-state index >= 15 is 0 Å². The molecule has 0 unspecified atom stereocenters. The molecule has 0 saturated heterocycles. The summed E-state index contributed by atoms with van der Waals surface area (Å²) >= 11 is 7.72. The van der Waals surface area contributed by atoms with Crippen molar-refractivity contribution in [1.29, 1.82) is 0 Å². The molecule has 0 saturated carbocycles.